The summed E-state index contributed by atoms with van der Waals surface area (Å²) >= 11 is 0. The van der Waals surface area contributed by atoms with Crippen LogP contribution in [0.3, 0.4) is 0 Å². The molecule has 0 radical (unpaired) electrons. The van der Waals surface area contributed by atoms with E-state index < -0.39 is 11.9 Å². The lowest BCUT2D eigenvalue weighted by Gasteiger charge is -2.75. The number of hydrogen-bond donors (Lipinski definition) is 2. The van der Waals surface area contributed by atoms with Gasteiger partial charge < -0.3 is 10.2 Å². The Kier molecular flexibility index (Phi) is 4.44. The Morgan fingerprint density at radius 1 is 0.361 bits per heavy atom. The molecule has 0 aliphatic heterocycles. The van der Waals surface area contributed by atoms with Crippen LogP contribution in [0.5, 0.6) is 0 Å². The van der Waals surface area contributed by atoms with Crippen LogP contribution in [0, 0.1) is 107 Å². The maximum Gasteiger partial charge on any atom is 0.306 e. The highest BCUT2D eigenvalue weighted by molar-refractivity contribution is 5.70. The smallest absolute Gasteiger partial charge is 0.306 e. The number of rotatable bonds is 2. The predicted octanol–water partition coefficient (Wildman–Crippen LogP) is 6.05. The zero-order chi connectivity index (χ0) is 24.0. The first-order chi connectivity index (χ1) is 17.5. The van der Waals surface area contributed by atoms with Crippen molar-refractivity contribution in [2.45, 2.75) is 77.0 Å². The second kappa shape index (κ2) is 7.32. The molecule has 0 amide bonds. The van der Waals surface area contributed by atoms with Crippen LogP contribution in [0.1, 0.15) is 77.0 Å². The molecule has 12 unspecified atom stereocenters. The van der Waals surface area contributed by atoms with Crippen molar-refractivity contribution < 1.29 is 19.8 Å². The van der Waals surface area contributed by atoms with Crippen LogP contribution in [0.25, 0.3) is 0 Å². The molecule has 12 atom stereocenters. The van der Waals surface area contributed by atoms with Crippen LogP contribution in [0.2, 0.25) is 0 Å². The van der Waals surface area contributed by atoms with Gasteiger partial charge in [0.05, 0.1) is 11.8 Å². The molecule has 2 N–H and O–H groups in total. The molecule has 9 aliphatic rings. The van der Waals surface area contributed by atoms with Crippen LogP contribution in [-0.2, 0) is 9.59 Å². The fraction of sp³-hybridized carbons (Fsp3) is 0.938. The quantitative estimate of drug-likeness (QED) is 0.492. The summed E-state index contributed by atoms with van der Waals surface area (Å²) in [6.45, 7) is 0. The largest absolute Gasteiger partial charge is 0.481 e. The van der Waals surface area contributed by atoms with E-state index in [4.69, 9.17) is 0 Å². The normalized spacial score (nSPS) is 63.2. The predicted molar refractivity (Wildman–Crippen MR) is 133 cm³/mol. The fourth-order valence-corrected chi connectivity index (χ4v) is 15.1. The summed E-state index contributed by atoms with van der Waals surface area (Å²) in [7, 11) is 0. The lowest BCUT2D eigenvalue weighted by atomic mass is 9.29. The van der Waals surface area contributed by atoms with Gasteiger partial charge in [0.1, 0.15) is 0 Å². The molecular weight excluding hydrogens is 448 g/mol. The van der Waals surface area contributed by atoms with Crippen molar-refractivity contribution in [1.29, 1.82) is 0 Å². The van der Waals surface area contributed by atoms with Crippen LogP contribution in [0.15, 0.2) is 0 Å². The van der Waals surface area contributed by atoms with Crippen molar-refractivity contribution in [2.24, 2.45) is 107 Å². The zero-order valence-corrected chi connectivity index (χ0v) is 21.6. The SMILES string of the molecule is O=C(O)C1CC2CC3CCC4CC5CC(C(=O)O)CC6CC7CCC8CC(C1)C2C1C3C4C(C56)C7C81. The summed E-state index contributed by atoms with van der Waals surface area (Å²) in [6.07, 6.45) is 14.8. The molecule has 9 fully saturated rings. The van der Waals surface area contributed by atoms with E-state index in [-0.39, 0.29) is 11.8 Å². The Morgan fingerprint density at radius 2 is 0.639 bits per heavy atom. The van der Waals surface area contributed by atoms with Crippen molar-refractivity contribution in [3.63, 3.8) is 0 Å². The van der Waals surface area contributed by atoms with Crippen molar-refractivity contribution in [2.75, 3.05) is 0 Å². The van der Waals surface area contributed by atoms with Crippen LogP contribution in [-0.4, -0.2) is 22.2 Å². The van der Waals surface area contributed by atoms with Gasteiger partial charge in [0, 0.05) is 0 Å². The van der Waals surface area contributed by atoms with Gasteiger partial charge in [-0.15, -0.1) is 0 Å². The monoisotopic (exact) mass is 492 g/mol. The summed E-state index contributed by atoms with van der Waals surface area (Å²) < 4.78 is 0. The standard InChI is InChI=1S/C32H44O4/c33-31(34)21-9-17-5-13-1-2-14-6-18-10-22(32(35)36)12-20-8-16-4-3-15-7-19(11-21)23(17)29-25(13)26(14)30(24(18)20)28(16)27(15)29/h13-30H,1-12H2,(H,33,34)(H,35,36). The first-order valence-electron chi connectivity index (χ1n) is 15.9. The van der Waals surface area contributed by atoms with E-state index in [1.807, 2.05) is 0 Å². The third-order valence-electron chi connectivity index (χ3n) is 15.2. The molecule has 0 aromatic heterocycles. The highest BCUT2D eigenvalue weighted by Gasteiger charge is 2.71. The van der Waals surface area contributed by atoms with E-state index in [1.165, 1.54) is 51.4 Å². The van der Waals surface area contributed by atoms with E-state index in [0.717, 1.165) is 96.7 Å². The van der Waals surface area contributed by atoms with Crippen LogP contribution in [0.4, 0.5) is 0 Å². The van der Waals surface area contributed by atoms with Gasteiger partial charge in [-0.25, -0.2) is 0 Å². The minimum atomic E-state index is -0.512. The minimum absolute atomic E-state index is 0.0799. The molecule has 0 saturated heterocycles. The van der Waals surface area contributed by atoms with E-state index in [2.05, 4.69) is 0 Å². The summed E-state index contributed by atoms with van der Waals surface area (Å²) in [4.78, 5) is 24.3. The van der Waals surface area contributed by atoms with Crippen LogP contribution < -0.4 is 0 Å². The first-order valence-corrected chi connectivity index (χ1v) is 15.9. The maximum atomic E-state index is 12.2. The molecule has 9 rings (SSSR count). The molecule has 4 heteroatoms. The summed E-state index contributed by atoms with van der Waals surface area (Å²) in [5.41, 5.74) is 0. The molecule has 9 aliphatic carbocycles. The Hall–Kier alpha value is -1.06. The van der Waals surface area contributed by atoms with Gasteiger partial charge in [-0.05, 0) is 172 Å². The Bertz CT molecular complexity index is 853. The van der Waals surface area contributed by atoms with Crippen molar-refractivity contribution in [3.8, 4) is 0 Å². The van der Waals surface area contributed by atoms with E-state index >= 15 is 0 Å². The average Bonchev–Trinajstić information content (AvgIpc) is 2.87. The zero-order valence-electron chi connectivity index (χ0n) is 21.6. The molecule has 0 bridgehead atoms. The average molecular weight is 493 g/mol. The van der Waals surface area contributed by atoms with Gasteiger partial charge in [-0.1, -0.05) is 0 Å². The third-order valence-corrected chi connectivity index (χ3v) is 15.2. The molecule has 9 saturated carbocycles. The molecule has 196 valence electrons. The van der Waals surface area contributed by atoms with Gasteiger partial charge >= 0.3 is 11.9 Å². The number of aliphatic carboxylic acids is 2. The molecule has 0 heterocycles. The summed E-state index contributed by atoms with van der Waals surface area (Å²) in [6, 6.07) is 0. The van der Waals surface area contributed by atoms with Gasteiger partial charge in [0.2, 0.25) is 0 Å². The topological polar surface area (TPSA) is 74.6 Å². The van der Waals surface area contributed by atoms with Gasteiger partial charge in [-0.3, -0.25) is 9.59 Å². The van der Waals surface area contributed by atoms with Gasteiger partial charge in [0.25, 0.3) is 0 Å². The van der Waals surface area contributed by atoms with Crippen molar-refractivity contribution >= 4 is 11.9 Å². The number of carbonyl (C=O) groups is 2. The lowest BCUT2D eigenvalue weighted by Crippen LogP contribution is -2.70. The molecular formula is C32H44O4. The Labute approximate surface area is 215 Å². The molecule has 0 aromatic rings. The second-order valence-corrected chi connectivity index (χ2v) is 15.8. The van der Waals surface area contributed by atoms with E-state index in [1.54, 1.807) is 0 Å². The molecule has 0 spiro atoms. The fourth-order valence-electron chi connectivity index (χ4n) is 15.1. The van der Waals surface area contributed by atoms with Crippen LogP contribution >= 0.6 is 0 Å². The highest BCUT2D eigenvalue weighted by Crippen LogP contribution is 2.77. The number of carboxylic acid groups (broad SMARTS) is 2. The molecule has 4 nitrogen and oxygen atoms in total. The second-order valence-electron chi connectivity index (χ2n) is 15.8. The molecule has 0 aromatic carbocycles. The Balaban J connectivity index is 1.16. The van der Waals surface area contributed by atoms with Gasteiger partial charge in [0.15, 0.2) is 0 Å². The molecule has 36 heavy (non-hydrogen) atoms. The minimum Gasteiger partial charge on any atom is -0.481 e. The van der Waals surface area contributed by atoms with Crippen molar-refractivity contribution in [3.05, 3.63) is 0 Å². The van der Waals surface area contributed by atoms with Crippen molar-refractivity contribution in [1.82, 2.24) is 0 Å². The van der Waals surface area contributed by atoms with Gasteiger partial charge in [-0.2, -0.15) is 0 Å². The maximum absolute atomic E-state index is 12.2. The summed E-state index contributed by atoms with van der Waals surface area (Å²) in [5, 5.41) is 20.0. The number of carboxylic acids is 2. The number of hydrogen-bond acceptors (Lipinski definition) is 2. The Morgan fingerprint density at radius 3 is 0.889 bits per heavy atom. The highest BCUT2D eigenvalue weighted by atomic mass is 16.4. The van der Waals surface area contributed by atoms with E-state index in [9.17, 15) is 19.8 Å². The third kappa shape index (κ3) is 2.63. The first kappa shape index (κ1) is 21.8. The summed E-state index contributed by atoms with van der Waals surface area (Å²) in [5.74, 6) is 12.2. The lowest BCUT2D eigenvalue weighted by molar-refractivity contribution is -0.275. The van der Waals surface area contributed by atoms with E-state index in [0.29, 0.717) is 23.7 Å².